The van der Waals surface area contributed by atoms with Crippen LogP contribution in [0.2, 0.25) is 10.0 Å². The van der Waals surface area contributed by atoms with Gasteiger partial charge >= 0.3 is 0 Å². The van der Waals surface area contributed by atoms with Crippen molar-refractivity contribution in [1.82, 2.24) is 10.2 Å². The Morgan fingerprint density at radius 2 is 1.87 bits per heavy atom. The predicted octanol–water partition coefficient (Wildman–Crippen LogP) is 4.66. The fourth-order valence-corrected chi connectivity index (χ4v) is 2.34. The van der Waals surface area contributed by atoms with Gasteiger partial charge in [-0.2, -0.15) is 0 Å². The molecule has 0 fully saturated rings. The lowest BCUT2D eigenvalue weighted by atomic mass is 10.2. The van der Waals surface area contributed by atoms with E-state index in [2.05, 4.69) is 15.5 Å². The maximum absolute atomic E-state index is 6.09. The van der Waals surface area contributed by atoms with Gasteiger partial charge in [0.15, 0.2) is 0 Å². The highest BCUT2D eigenvalue weighted by molar-refractivity contribution is 6.35. The van der Waals surface area contributed by atoms with Gasteiger partial charge in [0.05, 0.1) is 24.4 Å². The maximum Gasteiger partial charge on any atom is 0.247 e. The van der Waals surface area contributed by atoms with E-state index in [-0.39, 0.29) is 0 Å². The van der Waals surface area contributed by atoms with Gasteiger partial charge in [0.1, 0.15) is 5.75 Å². The van der Waals surface area contributed by atoms with E-state index in [0.29, 0.717) is 34.1 Å². The third-order valence-electron chi connectivity index (χ3n) is 3.16. The standard InChI is InChI=1S/C16H13Cl2N3O2/c1-22-12-5-2-10(3-6-12)16-21-20-15(23-16)9-19-14-8-11(17)4-7-13(14)18/h2-8,19H,9H2,1H3. The van der Waals surface area contributed by atoms with Crippen LogP contribution in [0.25, 0.3) is 11.5 Å². The van der Waals surface area contributed by atoms with E-state index < -0.39 is 0 Å². The van der Waals surface area contributed by atoms with E-state index in [9.17, 15) is 0 Å². The van der Waals surface area contributed by atoms with E-state index in [0.717, 1.165) is 11.3 Å². The summed E-state index contributed by atoms with van der Waals surface area (Å²) in [6.45, 7) is 0.350. The van der Waals surface area contributed by atoms with Crippen molar-refractivity contribution < 1.29 is 9.15 Å². The minimum atomic E-state index is 0.350. The van der Waals surface area contributed by atoms with Crippen LogP contribution in [0.3, 0.4) is 0 Å². The molecular formula is C16H13Cl2N3O2. The molecule has 0 unspecified atom stereocenters. The van der Waals surface area contributed by atoms with Gasteiger partial charge < -0.3 is 14.5 Å². The Hall–Kier alpha value is -2.24. The molecule has 0 amide bonds. The summed E-state index contributed by atoms with van der Waals surface area (Å²) in [5.74, 6) is 1.67. The summed E-state index contributed by atoms with van der Waals surface area (Å²) in [6.07, 6.45) is 0. The van der Waals surface area contributed by atoms with Crippen LogP contribution in [-0.4, -0.2) is 17.3 Å². The van der Waals surface area contributed by atoms with Crippen molar-refractivity contribution in [3.63, 3.8) is 0 Å². The average molecular weight is 350 g/mol. The molecule has 0 aliphatic carbocycles. The van der Waals surface area contributed by atoms with Crippen LogP contribution < -0.4 is 10.1 Å². The number of nitrogens with one attached hydrogen (secondary N) is 1. The average Bonchev–Trinajstić information content (AvgIpc) is 3.05. The zero-order valence-electron chi connectivity index (χ0n) is 12.2. The Balaban J connectivity index is 1.70. The summed E-state index contributed by atoms with van der Waals surface area (Å²) in [7, 11) is 1.62. The van der Waals surface area contributed by atoms with Crippen LogP contribution in [0.4, 0.5) is 5.69 Å². The molecule has 3 aromatic rings. The first-order valence-electron chi connectivity index (χ1n) is 6.81. The van der Waals surface area contributed by atoms with E-state index in [4.69, 9.17) is 32.4 Å². The maximum atomic E-state index is 6.09. The minimum absolute atomic E-state index is 0.350. The first-order valence-corrected chi connectivity index (χ1v) is 7.57. The lowest BCUT2D eigenvalue weighted by Crippen LogP contribution is -2.00. The van der Waals surface area contributed by atoms with Crippen LogP contribution in [0.1, 0.15) is 5.89 Å². The molecule has 23 heavy (non-hydrogen) atoms. The van der Waals surface area contributed by atoms with Crippen LogP contribution in [0.15, 0.2) is 46.9 Å². The molecule has 1 aromatic heterocycles. The third-order valence-corrected chi connectivity index (χ3v) is 3.73. The van der Waals surface area contributed by atoms with E-state index in [1.807, 2.05) is 24.3 Å². The van der Waals surface area contributed by atoms with Gasteiger partial charge in [-0.3, -0.25) is 0 Å². The number of ether oxygens (including phenoxy) is 1. The van der Waals surface area contributed by atoms with Crippen molar-refractivity contribution in [2.45, 2.75) is 6.54 Å². The zero-order chi connectivity index (χ0) is 16.2. The van der Waals surface area contributed by atoms with Crippen molar-refractivity contribution in [2.75, 3.05) is 12.4 Å². The Bertz CT molecular complexity index is 803. The summed E-state index contributed by atoms with van der Waals surface area (Å²) >= 11 is 12.0. The topological polar surface area (TPSA) is 60.2 Å². The van der Waals surface area contributed by atoms with Gasteiger partial charge in [-0.1, -0.05) is 23.2 Å². The highest BCUT2D eigenvalue weighted by Crippen LogP contribution is 2.26. The Morgan fingerprint density at radius 3 is 2.61 bits per heavy atom. The summed E-state index contributed by atoms with van der Waals surface area (Å²) in [5.41, 5.74) is 1.54. The van der Waals surface area contributed by atoms with Gasteiger partial charge in [0.2, 0.25) is 11.8 Å². The summed E-state index contributed by atoms with van der Waals surface area (Å²) < 4.78 is 10.8. The fraction of sp³-hybridized carbons (Fsp3) is 0.125. The molecule has 1 heterocycles. The highest BCUT2D eigenvalue weighted by Gasteiger charge is 2.09. The van der Waals surface area contributed by atoms with Gasteiger partial charge in [-0.15, -0.1) is 10.2 Å². The van der Waals surface area contributed by atoms with Crippen LogP contribution in [0.5, 0.6) is 5.75 Å². The normalized spacial score (nSPS) is 10.6. The Labute approximate surface area is 143 Å². The van der Waals surface area contributed by atoms with Crippen molar-refractivity contribution >= 4 is 28.9 Å². The molecule has 118 valence electrons. The number of aromatic nitrogens is 2. The SMILES string of the molecule is COc1ccc(-c2nnc(CNc3cc(Cl)ccc3Cl)o2)cc1. The molecule has 0 radical (unpaired) electrons. The van der Waals surface area contributed by atoms with Gasteiger partial charge in [0.25, 0.3) is 0 Å². The number of anilines is 1. The molecule has 5 nitrogen and oxygen atoms in total. The summed E-state index contributed by atoms with van der Waals surface area (Å²) in [6, 6.07) is 12.6. The van der Waals surface area contributed by atoms with Crippen LogP contribution in [0, 0.1) is 0 Å². The molecule has 0 aliphatic heterocycles. The molecule has 0 saturated carbocycles. The van der Waals surface area contributed by atoms with Crippen molar-refractivity contribution in [2.24, 2.45) is 0 Å². The fourth-order valence-electron chi connectivity index (χ4n) is 1.98. The number of methoxy groups -OCH3 is 1. The van der Waals surface area contributed by atoms with Crippen molar-refractivity contribution in [1.29, 1.82) is 0 Å². The van der Waals surface area contributed by atoms with E-state index >= 15 is 0 Å². The predicted molar refractivity (Wildman–Crippen MR) is 90.1 cm³/mol. The lowest BCUT2D eigenvalue weighted by Gasteiger charge is -2.06. The Morgan fingerprint density at radius 1 is 1.09 bits per heavy atom. The molecule has 1 N–H and O–H groups in total. The van der Waals surface area contributed by atoms with Crippen molar-refractivity contribution in [3.05, 3.63) is 58.4 Å². The highest BCUT2D eigenvalue weighted by atomic mass is 35.5. The second-order valence-corrected chi connectivity index (χ2v) is 5.55. The number of rotatable bonds is 5. The summed E-state index contributed by atoms with van der Waals surface area (Å²) in [5, 5.41) is 12.3. The first kappa shape index (κ1) is 15.6. The number of benzene rings is 2. The molecule has 3 rings (SSSR count). The van der Waals surface area contributed by atoms with Crippen LogP contribution in [-0.2, 0) is 6.54 Å². The molecule has 0 aliphatic rings. The number of nitrogens with zero attached hydrogens (tertiary/aromatic N) is 2. The quantitative estimate of drug-likeness (QED) is 0.725. The molecule has 0 atom stereocenters. The molecule has 0 saturated heterocycles. The number of hydrogen-bond acceptors (Lipinski definition) is 5. The lowest BCUT2D eigenvalue weighted by molar-refractivity contribution is 0.415. The van der Waals surface area contributed by atoms with Crippen molar-refractivity contribution in [3.8, 4) is 17.2 Å². The zero-order valence-corrected chi connectivity index (χ0v) is 13.7. The molecule has 2 aromatic carbocycles. The minimum Gasteiger partial charge on any atom is -0.497 e. The number of halogens is 2. The molecular weight excluding hydrogens is 337 g/mol. The van der Waals surface area contributed by atoms with Gasteiger partial charge in [0, 0.05) is 10.6 Å². The monoisotopic (exact) mass is 349 g/mol. The second-order valence-electron chi connectivity index (χ2n) is 4.71. The number of hydrogen-bond donors (Lipinski definition) is 1. The van der Waals surface area contributed by atoms with Gasteiger partial charge in [-0.05, 0) is 42.5 Å². The second kappa shape index (κ2) is 6.89. The Kier molecular flexibility index (Phi) is 4.69. The molecule has 0 bridgehead atoms. The molecule has 0 spiro atoms. The smallest absolute Gasteiger partial charge is 0.247 e. The third kappa shape index (κ3) is 3.75. The van der Waals surface area contributed by atoms with E-state index in [1.165, 1.54) is 0 Å². The van der Waals surface area contributed by atoms with E-state index in [1.54, 1.807) is 25.3 Å². The van der Waals surface area contributed by atoms with Gasteiger partial charge in [-0.25, -0.2) is 0 Å². The largest absolute Gasteiger partial charge is 0.497 e. The molecule has 7 heteroatoms. The van der Waals surface area contributed by atoms with Crippen LogP contribution >= 0.6 is 23.2 Å². The summed E-state index contributed by atoms with van der Waals surface area (Å²) in [4.78, 5) is 0. The first-order chi connectivity index (χ1) is 11.2.